The lowest BCUT2D eigenvalue weighted by Gasteiger charge is -2.05. The van der Waals surface area contributed by atoms with Crippen LogP contribution in [-0.4, -0.2) is 18.4 Å². The van der Waals surface area contributed by atoms with Crippen LogP contribution in [0, 0.1) is 6.92 Å². The molecule has 0 spiro atoms. The summed E-state index contributed by atoms with van der Waals surface area (Å²) in [6, 6.07) is 2.30. The van der Waals surface area contributed by atoms with Crippen molar-refractivity contribution in [2.75, 3.05) is 6.54 Å². The van der Waals surface area contributed by atoms with Gasteiger partial charge in [0.05, 0.1) is 6.54 Å². The molecule has 0 fully saturated rings. The van der Waals surface area contributed by atoms with Crippen molar-refractivity contribution in [1.82, 2.24) is 5.32 Å². The minimum Gasteiger partial charge on any atom is -0.307 e. The normalized spacial score (nSPS) is 10.8. The number of ketones is 1. The molecule has 1 heterocycles. The topological polar surface area (TPSA) is 29.1 Å². The average molecular weight is 197 g/mol. The Labute approximate surface area is 83.0 Å². The van der Waals surface area contributed by atoms with Crippen LogP contribution in [0.15, 0.2) is 11.4 Å². The predicted octanol–water partition coefficient (Wildman–Crippen LogP) is 2.24. The number of hydrogen-bond donors (Lipinski definition) is 1. The van der Waals surface area contributed by atoms with Crippen LogP contribution in [0.25, 0.3) is 0 Å². The minimum atomic E-state index is 0.179. The second-order valence-corrected chi connectivity index (χ2v) is 4.52. The Balaban J connectivity index is 2.49. The lowest BCUT2D eigenvalue weighted by atomic mass is 10.2. The van der Waals surface area contributed by atoms with E-state index in [2.05, 4.69) is 5.32 Å². The zero-order valence-electron chi connectivity index (χ0n) is 8.26. The number of carbonyl (C=O) groups is 1. The lowest BCUT2D eigenvalue weighted by molar-refractivity contribution is 0.0989. The van der Waals surface area contributed by atoms with E-state index >= 15 is 0 Å². The van der Waals surface area contributed by atoms with Crippen LogP contribution in [0.4, 0.5) is 0 Å². The van der Waals surface area contributed by atoms with Crippen molar-refractivity contribution in [3.05, 3.63) is 21.9 Å². The summed E-state index contributed by atoms with van der Waals surface area (Å²) in [5.41, 5.74) is 0.829. The minimum absolute atomic E-state index is 0.179. The largest absolute Gasteiger partial charge is 0.307 e. The van der Waals surface area contributed by atoms with E-state index in [0.717, 1.165) is 5.56 Å². The Kier molecular flexibility index (Phi) is 3.63. The highest BCUT2D eigenvalue weighted by molar-refractivity contribution is 7.10. The number of hydrogen-bond acceptors (Lipinski definition) is 3. The highest BCUT2D eigenvalue weighted by atomic mass is 32.1. The number of thiophene rings is 1. The predicted molar refractivity (Wildman–Crippen MR) is 56.5 cm³/mol. The summed E-state index contributed by atoms with van der Waals surface area (Å²) in [5.74, 6) is 0.179. The van der Waals surface area contributed by atoms with E-state index < -0.39 is 0 Å². The third-order valence-electron chi connectivity index (χ3n) is 1.72. The number of carbonyl (C=O) groups excluding carboxylic acids is 1. The fourth-order valence-electron chi connectivity index (χ4n) is 0.989. The molecular formula is C10H15NOS. The van der Waals surface area contributed by atoms with Gasteiger partial charge in [-0.1, -0.05) is 13.8 Å². The van der Waals surface area contributed by atoms with Gasteiger partial charge in [0.2, 0.25) is 0 Å². The lowest BCUT2D eigenvalue weighted by Crippen LogP contribution is -2.28. The molecule has 0 aliphatic rings. The molecule has 0 atom stereocenters. The Morgan fingerprint density at radius 1 is 1.62 bits per heavy atom. The third kappa shape index (κ3) is 3.28. The third-order valence-corrected chi connectivity index (χ3v) is 2.58. The van der Waals surface area contributed by atoms with Crippen molar-refractivity contribution in [3.63, 3.8) is 0 Å². The highest BCUT2D eigenvalue weighted by Crippen LogP contribution is 2.13. The van der Waals surface area contributed by atoms with Gasteiger partial charge in [-0.25, -0.2) is 0 Å². The summed E-state index contributed by atoms with van der Waals surface area (Å²) in [5, 5.41) is 5.02. The van der Waals surface area contributed by atoms with Crippen molar-refractivity contribution in [3.8, 4) is 0 Å². The maximum Gasteiger partial charge on any atom is 0.177 e. The summed E-state index contributed by atoms with van der Waals surface area (Å²) in [6.45, 7) is 6.52. The van der Waals surface area contributed by atoms with E-state index in [4.69, 9.17) is 0 Å². The number of aryl methyl sites for hydroxylation is 1. The molecular weight excluding hydrogens is 182 g/mol. The average Bonchev–Trinajstić information content (AvgIpc) is 2.47. The summed E-state index contributed by atoms with van der Waals surface area (Å²) < 4.78 is 0. The Hall–Kier alpha value is -0.670. The van der Waals surface area contributed by atoms with Crippen LogP contribution in [0.3, 0.4) is 0 Å². The quantitative estimate of drug-likeness (QED) is 0.750. The van der Waals surface area contributed by atoms with Gasteiger partial charge in [-0.15, -0.1) is 11.3 Å². The van der Waals surface area contributed by atoms with Crippen molar-refractivity contribution < 1.29 is 4.79 Å². The SMILES string of the molecule is Cc1cc(C(=O)CNC(C)C)cs1. The molecule has 1 N–H and O–H groups in total. The molecule has 13 heavy (non-hydrogen) atoms. The van der Waals surface area contributed by atoms with Crippen LogP contribution in [-0.2, 0) is 0 Å². The Morgan fingerprint density at radius 2 is 2.31 bits per heavy atom. The summed E-state index contributed by atoms with van der Waals surface area (Å²) >= 11 is 1.62. The molecule has 0 radical (unpaired) electrons. The van der Waals surface area contributed by atoms with Crippen molar-refractivity contribution >= 4 is 17.1 Å². The van der Waals surface area contributed by atoms with E-state index in [1.54, 1.807) is 11.3 Å². The molecule has 2 nitrogen and oxygen atoms in total. The van der Waals surface area contributed by atoms with Gasteiger partial charge >= 0.3 is 0 Å². The van der Waals surface area contributed by atoms with Gasteiger partial charge in [-0.2, -0.15) is 0 Å². The first-order chi connectivity index (χ1) is 6.09. The van der Waals surface area contributed by atoms with Gasteiger partial charge in [0, 0.05) is 21.9 Å². The van der Waals surface area contributed by atoms with Crippen molar-refractivity contribution in [2.45, 2.75) is 26.8 Å². The zero-order valence-corrected chi connectivity index (χ0v) is 9.07. The summed E-state index contributed by atoms with van der Waals surface area (Å²) in [6.07, 6.45) is 0. The highest BCUT2D eigenvalue weighted by Gasteiger charge is 2.07. The van der Waals surface area contributed by atoms with Crippen LogP contribution in [0.1, 0.15) is 29.1 Å². The molecule has 72 valence electrons. The smallest absolute Gasteiger partial charge is 0.177 e. The van der Waals surface area contributed by atoms with Crippen LogP contribution >= 0.6 is 11.3 Å². The molecule has 1 rings (SSSR count). The van der Waals surface area contributed by atoms with Gasteiger partial charge in [0.15, 0.2) is 5.78 Å². The van der Waals surface area contributed by atoms with Gasteiger partial charge in [-0.3, -0.25) is 4.79 Å². The van der Waals surface area contributed by atoms with Crippen LogP contribution in [0.2, 0.25) is 0 Å². The molecule has 0 aromatic carbocycles. The number of rotatable bonds is 4. The fourth-order valence-corrected chi connectivity index (χ4v) is 1.70. The van der Waals surface area contributed by atoms with Gasteiger partial charge in [0.25, 0.3) is 0 Å². The molecule has 0 saturated heterocycles. The standard InChI is InChI=1S/C10H15NOS/c1-7(2)11-5-10(12)9-4-8(3)13-6-9/h4,6-7,11H,5H2,1-3H3. The van der Waals surface area contributed by atoms with E-state index in [0.29, 0.717) is 12.6 Å². The number of nitrogens with one attached hydrogen (secondary N) is 1. The van der Waals surface area contributed by atoms with Gasteiger partial charge < -0.3 is 5.32 Å². The molecule has 1 aromatic heterocycles. The van der Waals surface area contributed by atoms with E-state index in [1.165, 1.54) is 4.88 Å². The molecule has 1 aromatic rings. The molecule has 0 amide bonds. The monoisotopic (exact) mass is 197 g/mol. The maximum atomic E-state index is 11.5. The Morgan fingerprint density at radius 3 is 2.77 bits per heavy atom. The number of Topliss-reactive ketones (excluding diaryl/α,β-unsaturated/α-hetero) is 1. The molecule has 0 aliphatic carbocycles. The van der Waals surface area contributed by atoms with Crippen LogP contribution < -0.4 is 5.32 Å². The van der Waals surface area contributed by atoms with Crippen molar-refractivity contribution in [2.24, 2.45) is 0 Å². The summed E-state index contributed by atoms with van der Waals surface area (Å²) in [7, 11) is 0. The Bertz CT molecular complexity index is 291. The van der Waals surface area contributed by atoms with Gasteiger partial charge in [-0.05, 0) is 13.0 Å². The molecule has 0 saturated carbocycles. The molecule has 0 bridgehead atoms. The first kappa shape index (κ1) is 10.4. The molecule has 0 aliphatic heterocycles. The first-order valence-electron chi connectivity index (χ1n) is 4.41. The van der Waals surface area contributed by atoms with Crippen LogP contribution in [0.5, 0.6) is 0 Å². The fraction of sp³-hybridized carbons (Fsp3) is 0.500. The van der Waals surface area contributed by atoms with Gasteiger partial charge in [0.1, 0.15) is 0 Å². The van der Waals surface area contributed by atoms with E-state index in [-0.39, 0.29) is 5.78 Å². The summed E-state index contributed by atoms with van der Waals surface area (Å²) in [4.78, 5) is 12.7. The molecule has 0 unspecified atom stereocenters. The first-order valence-corrected chi connectivity index (χ1v) is 5.29. The second kappa shape index (κ2) is 4.53. The molecule has 3 heteroatoms. The zero-order chi connectivity index (χ0) is 9.84. The second-order valence-electron chi connectivity index (χ2n) is 3.40. The van der Waals surface area contributed by atoms with Crippen molar-refractivity contribution in [1.29, 1.82) is 0 Å². The maximum absolute atomic E-state index is 11.5. The van der Waals surface area contributed by atoms with E-state index in [9.17, 15) is 4.79 Å². The van der Waals surface area contributed by atoms with E-state index in [1.807, 2.05) is 32.2 Å².